The van der Waals surface area contributed by atoms with Crippen molar-refractivity contribution < 1.29 is 0 Å². The first kappa shape index (κ1) is 15.2. The van der Waals surface area contributed by atoms with E-state index in [1.807, 2.05) is 0 Å². The Balaban J connectivity index is 2.89. The van der Waals surface area contributed by atoms with Crippen molar-refractivity contribution in [3.8, 4) is 0 Å². The van der Waals surface area contributed by atoms with Crippen LogP contribution in [-0.4, -0.2) is 17.4 Å². The molecule has 0 aromatic rings. The van der Waals surface area contributed by atoms with Crippen LogP contribution in [0.5, 0.6) is 0 Å². The molecule has 0 aromatic heterocycles. The van der Waals surface area contributed by atoms with Crippen LogP contribution in [0.1, 0.15) is 51.4 Å². The molecule has 0 rings (SSSR count). The summed E-state index contributed by atoms with van der Waals surface area (Å²) in [5.41, 5.74) is 5.42. The van der Waals surface area contributed by atoms with Crippen molar-refractivity contribution in [3.63, 3.8) is 0 Å². The molecule has 0 fully saturated rings. The maximum atomic E-state index is 5.42. The Kier molecular flexibility index (Phi) is 12.4. The molecule has 0 bridgehead atoms. The number of nitrogens with two attached hydrogens (primary N) is 1. The monoisotopic (exact) mass is 248 g/mol. The highest BCUT2D eigenvalue weighted by atomic mass is 32.1. The Morgan fingerprint density at radius 1 is 0.933 bits per heavy atom. The average molecular weight is 248 g/mol. The number of nitrogens with one attached hydrogen (secondary N) is 1. The number of hydrogen-bond donors (Lipinski definition) is 3. The fourth-order valence-corrected chi connectivity index (χ4v) is 1.74. The molecule has 4 heteroatoms. The molecule has 3 N–H and O–H groups in total. The Hall–Kier alpha value is 0.200. The predicted molar refractivity (Wildman–Crippen MR) is 75.6 cm³/mol. The Labute approximate surface area is 105 Å². The minimum atomic E-state index is 0.608. The van der Waals surface area contributed by atoms with Crippen molar-refractivity contribution >= 4 is 29.2 Å². The number of thiocarbonyl (C=S) groups is 1. The molecule has 0 aliphatic carbocycles. The predicted octanol–water partition coefficient (Wildman–Crippen LogP) is 2.87. The maximum Gasteiger partial charge on any atom is 0.130 e. The fourth-order valence-electron chi connectivity index (χ4n) is 1.53. The largest absolute Gasteiger partial charge is 0.371 e. The van der Waals surface area contributed by atoms with Crippen LogP contribution in [0.2, 0.25) is 0 Å². The lowest BCUT2D eigenvalue weighted by Gasteiger charge is -2.03. The normalized spacial score (nSPS) is 10.3. The van der Waals surface area contributed by atoms with Crippen molar-refractivity contribution in [2.24, 2.45) is 5.73 Å². The SMILES string of the molecule is NCCCCCCCCCCNC(=S)S. The molecule has 0 unspecified atom stereocenters. The molecule has 0 aromatic carbocycles. The molecule has 0 atom stereocenters. The number of rotatable bonds is 10. The highest BCUT2D eigenvalue weighted by Crippen LogP contribution is 2.07. The van der Waals surface area contributed by atoms with E-state index in [-0.39, 0.29) is 0 Å². The lowest BCUT2D eigenvalue weighted by atomic mass is 10.1. The van der Waals surface area contributed by atoms with Crippen LogP contribution in [0.25, 0.3) is 0 Å². The standard InChI is InChI=1S/C11H24N2S2/c12-9-7-5-3-1-2-4-6-8-10-13-11(14)15/h1-10,12H2,(H2,13,14,15). The van der Waals surface area contributed by atoms with Gasteiger partial charge in [-0.05, 0) is 19.4 Å². The average Bonchev–Trinajstić information content (AvgIpc) is 2.20. The Morgan fingerprint density at radius 2 is 1.40 bits per heavy atom. The zero-order valence-electron chi connectivity index (χ0n) is 9.50. The van der Waals surface area contributed by atoms with Crippen molar-refractivity contribution in [1.82, 2.24) is 5.32 Å². The zero-order chi connectivity index (χ0) is 11.4. The molecule has 0 aliphatic heterocycles. The minimum absolute atomic E-state index is 0.608. The lowest BCUT2D eigenvalue weighted by molar-refractivity contribution is 0.568. The maximum absolute atomic E-state index is 5.42. The van der Waals surface area contributed by atoms with Gasteiger partial charge in [0.15, 0.2) is 0 Å². The quantitative estimate of drug-likeness (QED) is 0.316. The molecule has 0 saturated heterocycles. The molecule has 2 nitrogen and oxygen atoms in total. The van der Waals surface area contributed by atoms with E-state index < -0.39 is 0 Å². The summed E-state index contributed by atoms with van der Waals surface area (Å²) in [4.78, 5) is 0. The molecular formula is C11H24N2S2. The summed E-state index contributed by atoms with van der Waals surface area (Å²) >= 11 is 8.80. The molecule has 0 spiro atoms. The van der Waals surface area contributed by atoms with Gasteiger partial charge in [-0.1, -0.05) is 50.7 Å². The van der Waals surface area contributed by atoms with Gasteiger partial charge in [-0.25, -0.2) is 0 Å². The smallest absolute Gasteiger partial charge is 0.130 e. The van der Waals surface area contributed by atoms with Crippen LogP contribution in [-0.2, 0) is 0 Å². The second-order valence-electron chi connectivity index (χ2n) is 3.85. The van der Waals surface area contributed by atoms with Crippen molar-refractivity contribution in [3.05, 3.63) is 0 Å². The molecular weight excluding hydrogens is 224 g/mol. The van der Waals surface area contributed by atoms with Crippen LogP contribution in [0.3, 0.4) is 0 Å². The van der Waals surface area contributed by atoms with Crippen LogP contribution in [0.4, 0.5) is 0 Å². The van der Waals surface area contributed by atoms with Gasteiger partial charge in [0, 0.05) is 6.54 Å². The third-order valence-electron chi connectivity index (χ3n) is 2.41. The van der Waals surface area contributed by atoms with E-state index in [0.29, 0.717) is 4.32 Å². The second-order valence-corrected chi connectivity index (χ2v) is 5.01. The molecule has 0 amide bonds. The Morgan fingerprint density at radius 3 is 1.87 bits per heavy atom. The van der Waals surface area contributed by atoms with Gasteiger partial charge in [0.25, 0.3) is 0 Å². The molecule has 0 radical (unpaired) electrons. The van der Waals surface area contributed by atoms with E-state index in [1.54, 1.807) is 0 Å². The van der Waals surface area contributed by atoms with Crippen molar-refractivity contribution in [2.45, 2.75) is 51.4 Å². The summed E-state index contributed by atoms with van der Waals surface area (Å²) in [5, 5.41) is 3.05. The van der Waals surface area contributed by atoms with E-state index >= 15 is 0 Å². The summed E-state index contributed by atoms with van der Waals surface area (Å²) < 4.78 is 0.608. The van der Waals surface area contributed by atoms with Crippen LogP contribution in [0, 0.1) is 0 Å². The van der Waals surface area contributed by atoms with Gasteiger partial charge in [-0.15, -0.1) is 12.6 Å². The van der Waals surface area contributed by atoms with Gasteiger partial charge in [-0.2, -0.15) is 0 Å². The highest BCUT2D eigenvalue weighted by Gasteiger charge is 1.92. The van der Waals surface area contributed by atoms with Gasteiger partial charge in [0.1, 0.15) is 4.32 Å². The van der Waals surface area contributed by atoms with Crippen molar-refractivity contribution in [1.29, 1.82) is 0 Å². The number of hydrogen-bond acceptors (Lipinski definition) is 2. The van der Waals surface area contributed by atoms with E-state index in [1.165, 1.54) is 51.4 Å². The first-order valence-corrected chi connectivity index (χ1v) is 6.79. The van der Waals surface area contributed by atoms with E-state index in [9.17, 15) is 0 Å². The van der Waals surface area contributed by atoms with Crippen LogP contribution >= 0.6 is 24.8 Å². The second kappa shape index (κ2) is 12.3. The molecule has 90 valence electrons. The summed E-state index contributed by atoms with van der Waals surface area (Å²) in [6.07, 6.45) is 10.4. The highest BCUT2D eigenvalue weighted by molar-refractivity contribution is 8.11. The first-order valence-electron chi connectivity index (χ1n) is 5.94. The fraction of sp³-hybridized carbons (Fsp3) is 0.909. The molecule has 0 saturated carbocycles. The molecule has 15 heavy (non-hydrogen) atoms. The first-order chi connectivity index (χ1) is 7.27. The summed E-state index contributed by atoms with van der Waals surface area (Å²) in [6, 6.07) is 0. The van der Waals surface area contributed by atoms with Gasteiger partial charge < -0.3 is 11.1 Å². The summed E-state index contributed by atoms with van der Waals surface area (Å²) in [7, 11) is 0. The van der Waals surface area contributed by atoms with Crippen LogP contribution in [0.15, 0.2) is 0 Å². The minimum Gasteiger partial charge on any atom is -0.371 e. The van der Waals surface area contributed by atoms with Crippen LogP contribution < -0.4 is 11.1 Å². The summed E-state index contributed by atoms with van der Waals surface area (Å²) in [6.45, 7) is 1.81. The topological polar surface area (TPSA) is 38.0 Å². The summed E-state index contributed by atoms with van der Waals surface area (Å²) in [5.74, 6) is 0. The Bertz CT molecular complexity index is 152. The van der Waals surface area contributed by atoms with Gasteiger partial charge in [-0.3, -0.25) is 0 Å². The molecule has 0 heterocycles. The van der Waals surface area contributed by atoms with Crippen molar-refractivity contribution in [2.75, 3.05) is 13.1 Å². The van der Waals surface area contributed by atoms with Gasteiger partial charge in [0.2, 0.25) is 0 Å². The number of unbranched alkanes of at least 4 members (excludes halogenated alkanes) is 7. The third kappa shape index (κ3) is 14.2. The van der Waals surface area contributed by atoms with E-state index in [4.69, 9.17) is 18.0 Å². The lowest BCUT2D eigenvalue weighted by Crippen LogP contribution is -2.17. The van der Waals surface area contributed by atoms with Gasteiger partial charge >= 0.3 is 0 Å². The third-order valence-corrected chi connectivity index (χ3v) is 2.71. The van der Waals surface area contributed by atoms with Gasteiger partial charge in [0.05, 0.1) is 0 Å². The van der Waals surface area contributed by atoms with E-state index in [2.05, 4.69) is 17.9 Å². The number of thiol groups is 1. The molecule has 0 aliphatic rings. The zero-order valence-corrected chi connectivity index (χ0v) is 11.2. The van der Waals surface area contributed by atoms with E-state index in [0.717, 1.165) is 13.1 Å².